The highest BCUT2D eigenvalue weighted by molar-refractivity contribution is 5.83. The minimum atomic E-state index is -1.17. The molecule has 1 aromatic heterocycles. The van der Waals surface area contributed by atoms with Crippen molar-refractivity contribution in [1.29, 1.82) is 0 Å². The zero-order valence-corrected chi connectivity index (χ0v) is 14.4. The summed E-state index contributed by atoms with van der Waals surface area (Å²) in [6, 6.07) is 0. The van der Waals surface area contributed by atoms with E-state index in [1.807, 2.05) is 13.2 Å². The fourth-order valence-electron chi connectivity index (χ4n) is 3.09. The molecule has 0 radical (unpaired) electrons. The predicted molar refractivity (Wildman–Crippen MR) is 88.0 cm³/mol. The van der Waals surface area contributed by atoms with Crippen LogP contribution in [-0.4, -0.2) is 86.3 Å². The molecule has 0 unspecified atom stereocenters. The molecule has 1 aromatic rings. The summed E-state index contributed by atoms with van der Waals surface area (Å²) < 4.78 is 1.73. The molecular formula is C16H28N4O4. The fraction of sp³-hybridized carbons (Fsp3) is 0.750. The Hall–Kier alpha value is -1.48. The molecule has 1 saturated heterocycles. The van der Waals surface area contributed by atoms with E-state index in [1.165, 1.54) is 0 Å². The van der Waals surface area contributed by atoms with E-state index < -0.39 is 24.7 Å². The van der Waals surface area contributed by atoms with Crippen molar-refractivity contribution in [2.45, 2.75) is 26.0 Å². The van der Waals surface area contributed by atoms with Crippen LogP contribution in [0.1, 0.15) is 18.9 Å². The molecule has 1 aliphatic rings. The SMILES string of the molecule is CCC(CO)(CO)C(=O)N1CCN(Cc2cnn(C)c2)C[C@@H](O)C1. The molecule has 136 valence electrons. The van der Waals surface area contributed by atoms with Crippen LogP contribution in [0.5, 0.6) is 0 Å². The lowest BCUT2D eigenvalue weighted by atomic mass is 9.85. The molecule has 0 saturated carbocycles. The van der Waals surface area contributed by atoms with Gasteiger partial charge in [-0.05, 0) is 6.42 Å². The van der Waals surface area contributed by atoms with Gasteiger partial charge in [0.2, 0.25) is 5.91 Å². The normalized spacial score (nSPS) is 20.2. The zero-order chi connectivity index (χ0) is 17.7. The number of aliphatic hydroxyl groups excluding tert-OH is 3. The van der Waals surface area contributed by atoms with Crippen LogP contribution in [0.2, 0.25) is 0 Å². The van der Waals surface area contributed by atoms with Gasteiger partial charge in [0.25, 0.3) is 0 Å². The maximum absolute atomic E-state index is 12.7. The maximum Gasteiger partial charge on any atom is 0.233 e. The van der Waals surface area contributed by atoms with Crippen LogP contribution < -0.4 is 0 Å². The molecule has 8 heteroatoms. The van der Waals surface area contributed by atoms with Crippen LogP contribution in [0.3, 0.4) is 0 Å². The third-order valence-corrected chi connectivity index (χ3v) is 4.77. The van der Waals surface area contributed by atoms with Crippen LogP contribution in [-0.2, 0) is 18.4 Å². The van der Waals surface area contributed by atoms with Gasteiger partial charge in [-0.3, -0.25) is 14.4 Å². The van der Waals surface area contributed by atoms with Gasteiger partial charge in [0.05, 0.1) is 30.9 Å². The summed E-state index contributed by atoms with van der Waals surface area (Å²) in [5.41, 5.74) is -0.115. The predicted octanol–water partition coefficient (Wildman–Crippen LogP) is -1.19. The van der Waals surface area contributed by atoms with Crippen molar-refractivity contribution in [3.05, 3.63) is 18.0 Å². The van der Waals surface area contributed by atoms with E-state index in [2.05, 4.69) is 10.00 Å². The first-order valence-electron chi connectivity index (χ1n) is 8.33. The molecule has 1 aliphatic heterocycles. The van der Waals surface area contributed by atoms with E-state index in [0.29, 0.717) is 32.6 Å². The fourth-order valence-corrected chi connectivity index (χ4v) is 3.09. The summed E-state index contributed by atoms with van der Waals surface area (Å²) in [6.07, 6.45) is 3.41. The third-order valence-electron chi connectivity index (χ3n) is 4.77. The molecule has 0 aromatic carbocycles. The summed E-state index contributed by atoms with van der Waals surface area (Å²) >= 11 is 0. The van der Waals surface area contributed by atoms with Crippen molar-refractivity contribution in [2.24, 2.45) is 12.5 Å². The molecule has 1 atom stereocenters. The minimum absolute atomic E-state index is 0.212. The molecule has 24 heavy (non-hydrogen) atoms. The lowest BCUT2D eigenvalue weighted by molar-refractivity contribution is -0.149. The Morgan fingerprint density at radius 1 is 1.33 bits per heavy atom. The van der Waals surface area contributed by atoms with Gasteiger partial charge in [-0.1, -0.05) is 6.92 Å². The van der Waals surface area contributed by atoms with Crippen molar-refractivity contribution in [2.75, 3.05) is 39.4 Å². The van der Waals surface area contributed by atoms with Crippen LogP contribution in [0.15, 0.2) is 12.4 Å². The third kappa shape index (κ3) is 4.13. The molecule has 2 rings (SSSR count). The first kappa shape index (κ1) is 18.9. The Balaban J connectivity index is 2.04. The quantitative estimate of drug-likeness (QED) is 0.602. The molecule has 8 nitrogen and oxygen atoms in total. The van der Waals surface area contributed by atoms with E-state index in [4.69, 9.17) is 0 Å². The monoisotopic (exact) mass is 340 g/mol. The topological polar surface area (TPSA) is 102 Å². The van der Waals surface area contributed by atoms with E-state index in [1.54, 1.807) is 22.7 Å². The van der Waals surface area contributed by atoms with Crippen molar-refractivity contribution >= 4 is 5.91 Å². The van der Waals surface area contributed by atoms with Gasteiger partial charge in [0, 0.05) is 51.5 Å². The van der Waals surface area contributed by atoms with Crippen molar-refractivity contribution in [1.82, 2.24) is 19.6 Å². The molecular weight excluding hydrogens is 312 g/mol. The van der Waals surface area contributed by atoms with Crippen molar-refractivity contribution in [3.63, 3.8) is 0 Å². The lowest BCUT2D eigenvalue weighted by Crippen LogP contribution is -2.50. The van der Waals surface area contributed by atoms with Crippen molar-refractivity contribution in [3.8, 4) is 0 Å². The molecule has 0 spiro atoms. The number of carbonyl (C=O) groups excluding carboxylic acids is 1. The Morgan fingerprint density at radius 3 is 2.58 bits per heavy atom. The number of amides is 1. The van der Waals surface area contributed by atoms with Gasteiger partial charge in [-0.25, -0.2) is 0 Å². The molecule has 0 aliphatic carbocycles. The number of aliphatic hydroxyl groups is 3. The first-order chi connectivity index (χ1) is 11.4. The van der Waals surface area contributed by atoms with E-state index in [0.717, 1.165) is 5.56 Å². The number of carbonyl (C=O) groups is 1. The standard InChI is InChI=1S/C16H28N4O4/c1-3-16(11-21,12-22)15(24)20-5-4-19(9-14(23)10-20)8-13-6-17-18(2)7-13/h6-7,14,21-23H,3-5,8-12H2,1-2H3/t14-/m1/s1. The Morgan fingerprint density at radius 2 is 2.04 bits per heavy atom. The summed E-state index contributed by atoms with van der Waals surface area (Å²) in [5, 5.41) is 33.6. The lowest BCUT2D eigenvalue weighted by Gasteiger charge is -2.33. The number of hydrogen-bond acceptors (Lipinski definition) is 6. The molecule has 1 fully saturated rings. The largest absolute Gasteiger partial charge is 0.395 e. The van der Waals surface area contributed by atoms with Gasteiger partial charge < -0.3 is 20.2 Å². The zero-order valence-electron chi connectivity index (χ0n) is 14.4. The average molecular weight is 340 g/mol. The highest BCUT2D eigenvalue weighted by atomic mass is 16.3. The highest BCUT2D eigenvalue weighted by Crippen LogP contribution is 2.24. The highest BCUT2D eigenvalue weighted by Gasteiger charge is 2.40. The first-order valence-corrected chi connectivity index (χ1v) is 8.33. The number of rotatable bonds is 6. The summed E-state index contributed by atoms with van der Waals surface area (Å²) in [4.78, 5) is 16.4. The second-order valence-corrected chi connectivity index (χ2v) is 6.61. The number of aryl methyl sites for hydroxylation is 1. The van der Waals surface area contributed by atoms with Gasteiger partial charge >= 0.3 is 0 Å². The maximum atomic E-state index is 12.7. The second kappa shape index (κ2) is 8.06. The summed E-state index contributed by atoms with van der Waals surface area (Å²) in [5.74, 6) is -0.294. The number of β-amino-alcohol motifs (C(OH)–C–C–N with tert-alkyl or cyclic N) is 1. The Bertz CT molecular complexity index is 536. The van der Waals surface area contributed by atoms with Crippen LogP contribution in [0.4, 0.5) is 0 Å². The number of hydrogen-bond donors (Lipinski definition) is 3. The molecule has 2 heterocycles. The van der Waals surface area contributed by atoms with Crippen LogP contribution >= 0.6 is 0 Å². The van der Waals surface area contributed by atoms with E-state index in [-0.39, 0.29) is 12.5 Å². The van der Waals surface area contributed by atoms with Crippen LogP contribution in [0, 0.1) is 5.41 Å². The van der Waals surface area contributed by atoms with Gasteiger partial charge in [0.15, 0.2) is 0 Å². The summed E-state index contributed by atoms with van der Waals surface area (Å²) in [7, 11) is 1.86. The molecule has 1 amide bonds. The van der Waals surface area contributed by atoms with Gasteiger partial charge in [-0.2, -0.15) is 5.10 Å². The average Bonchev–Trinajstić information content (AvgIpc) is 2.88. The summed E-state index contributed by atoms with van der Waals surface area (Å²) in [6.45, 7) is 3.39. The molecule has 3 N–H and O–H groups in total. The Kier molecular flexibility index (Phi) is 6.34. The van der Waals surface area contributed by atoms with Crippen molar-refractivity contribution < 1.29 is 20.1 Å². The molecule has 0 bridgehead atoms. The van der Waals surface area contributed by atoms with Gasteiger partial charge in [0.1, 0.15) is 0 Å². The van der Waals surface area contributed by atoms with Crippen LogP contribution in [0.25, 0.3) is 0 Å². The van der Waals surface area contributed by atoms with E-state index in [9.17, 15) is 20.1 Å². The smallest absolute Gasteiger partial charge is 0.233 e. The second-order valence-electron chi connectivity index (χ2n) is 6.61. The number of aromatic nitrogens is 2. The van der Waals surface area contributed by atoms with E-state index >= 15 is 0 Å². The number of nitrogens with zero attached hydrogens (tertiary/aromatic N) is 4. The van der Waals surface area contributed by atoms with Gasteiger partial charge in [-0.15, -0.1) is 0 Å². The minimum Gasteiger partial charge on any atom is -0.395 e. The Labute approximate surface area is 142 Å².